The molecule has 0 saturated carbocycles. The van der Waals surface area contributed by atoms with Gasteiger partial charge < -0.3 is 14.2 Å². The normalized spacial score (nSPS) is 18.8. The number of halogens is 1. The van der Waals surface area contributed by atoms with E-state index in [-0.39, 0.29) is 19.3 Å². The van der Waals surface area contributed by atoms with Gasteiger partial charge in [0.05, 0.1) is 13.7 Å². The standard InChI is InChI=1S/C19H19BrN2O5/c1-25-18(23)15-10-14(27-17-9-5-8-16(20)21-17)11-22(15)19(24)26-12-13-6-3-2-4-7-13/h2-9,14-15H,10-12H2,1H3/t14-,15-/m0/s1. The number of esters is 1. The lowest BCUT2D eigenvalue weighted by Gasteiger charge is -2.21. The van der Waals surface area contributed by atoms with Gasteiger partial charge in [-0.2, -0.15) is 0 Å². The summed E-state index contributed by atoms with van der Waals surface area (Å²) >= 11 is 3.29. The Morgan fingerprint density at radius 3 is 2.67 bits per heavy atom. The zero-order valence-corrected chi connectivity index (χ0v) is 16.3. The maximum Gasteiger partial charge on any atom is 0.410 e. The summed E-state index contributed by atoms with van der Waals surface area (Å²) in [4.78, 5) is 30.2. The zero-order valence-electron chi connectivity index (χ0n) is 14.7. The fraction of sp³-hybridized carbons (Fsp3) is 0.316. The van der Waals surface area contributed by atoms with E-state index in [4.69, 9.17) is 14.2 Å². The van der Waals surface area contributed by atoms with Gasteiger partial charge in [-0.25, -0.2) is 14.6 Å². The first-order chi connectivity index (χ1) is 13.1. The number of benzene rings is 1. The van der Waals surface area contributed by atoms with Crippen LogP contribution in [-0.2, 0) is 20.9 Å². The van der Waals surface area contributed by atoms with Gasteiger partial charge in [0, 0.05) is 12.5 Å². The Balaban J connectivity index is 1.66. The van der Waals surface area contributed by atoms with Crippen molar-refractivity contribution in [3.8, 4) is 5.88 Å². The van der Waals surface area contributed by atoms with Crippen LogP contribution in [0.15, 0.2) is 53.1 Å². The molecule has 1 aromatic carbocycles. The summed E-state index contributed by atoms with van der Waals surface area (Å²) in [6.45, 7) is 0.338. The number of ether oxygens (including phenoxy) is 3. The van der Waals surface area contributed by atoms with Crippen LogP contribution in [0.5, 0.6) is 5.88 Å². The van der Waals surface area contributed by atoms with Crippen LogP contribution >= 0.6 is 15.9 Å². The van der Waals surface area contributed by atoms with E-state index in [2.05, 4.69) is 20.9 Å². The molecule has 1 saturated heterocycles. The molecule has 1 amide bonds. The van der Waals surface area contributed by atoms with Crippen molar-refractivity contribution in [2.45, 2.75) is 25.2 Å². The molecule has 0 unspecified atom stereocenters. The summed E-state index contributed by atoms with van der Waals surface area (Å²) in [5.74, 6) is -0.0857. The van der Waals surface area contributed by atoms with Gasteiger partial charge in [0.15, 0.2) is 0 Å². The van der Waals surface area contributed by atoms with Crippen molar-refractivity contribution in [3.05, 3.63) is 58.7 Å². The van der Waals surface area contributed by atoms with Crippen LogP contribution in [0.1, 0.15) is 12.0 Å². The smallest absolute Gasteiger partial charge is 0.410 e. The third-order valence-electron chi connectivity index (χ3n) is 4.15. The molecule has 0 N–H and O–H groups in total. The molecule has 1 aromatic heterocycles. The van der Waals surface area contributed by atoms with Crippen molar-refractivity contribution >= 4 is 28.0 Å². The van der Waals surface area contributed by atoms with E-state index in [0.29, 0.717) is 16.9 Å². The number of nitrogens with zero attached hydrogens (tertiary/aromatic N) is 2. The SMILES string of the molecule is COC(=O)[C@@H]1C[C@H](Oc2cccc(Br)n2)CN1C(=O)OCc1ccccc1. The minimum Gasteiger partial charge on any atom is -0.472 e. The van der Waals surface area contributed by atoms with E-state index in [1.54, 1.807) is 18.2 Å². The Labute approximate surface area is 165 Å². The molecule has 1 fully saturated rings. The second kappa shape index (κ2) is 8.85. The molecule has 27 heavy (non-hydrogen) atoms. The van der Waals surface area contributed by atoms with E-state index >= 15 is 0 Å². The largest absolute Gasteiger partial charge is 0.472 e. The highest BCUT2D eigenvalue weighted by Crippen LogP contribution is 2.25. The molecule has 142 valence electrons. The molecule has 0 radical (unpaired) electrons. The molecule has 0 bridgehead atoms. The predicted octanol–water partition coefficient (Wildman–Crippen LogP) is 3.18. The number of rotatable bonds is 5. The molecule has 0 aliphatic carbocycles. The van der Waals surface area contributed by atoms with Crippen molar-refractivity contribution in [1.82, 2.24) is 9.88 Å². The van der Waals surface area contributed by atoms with Gasteiger partial charge in [0.2, 0.25) is 5.88 Å². The highest BCUT2D eigenvalue weighted by atomic mass is 79.9. The average Bonchev–Trinajstić information content (AvgIpc) is 3.10. The Morgan fingerprint density at radius 1 is 1.19 bits per heavy atom. The molecule has 3 rings (SSSR count). The second-order valence-electron chi connectivity index (χ2n) is 6.01. The highest BCUT2D eigenvalue weighted by Gasteiger charge is 2.42. The Kier molecular flexibility index (Phi) is 6.28. The van der Waals surface area contributed by atoms with Crippen molar-refractivity contribution in [2.75, 3.05) is 13.7 Å². The Hall–Kier alpha value is -2.61. The van der Waals surface area contributed by atoms with Crippen LogP contribution in [0.4, 0.5) is 4.79 Å². The van der Waals surface area contributed by atoms with E-state index in [9.17, 15) is 9.59 Å². The summed E-state index contributed by atoms with van der Waals surface area (Å²) < 4.78 is 16.6. The van der Waals surface area contributed by atoms with Crippen molar-refractivity contribution in [2.24, 2.45) is 0 Å². The minimum absolute atomic E-state index is 0.128. The fourth-order valence-electron chi connectivity index (χ4n) is 2.87. The number of carbonyl (C=O) groups excluding carboxylic acids is 2. The van der Waals surface area contributed by atoms with Crippen LogP contribution in [0.25, 0.3) is 0 Å². The van der Waals surface area contributed by atoms with Gasteiger partial charge in [-0.15, -0.1) is 0 Å². The van der Waals surface area contributed by atoms with Crippen LogP contribution < -0.4 is 4.74 Å². The molecule has 2 aromatic rings. The number of hydrogen-bond donors (Lipinski definition) is 0. The number of hydrogen-bond acceptors (Lipinski definition) is 6. The lowest BCUT2D eigenvalue weighted by atomic mass is 10.2. The molecule has 0 spiro atoms. The van der Waals surface area contributed by atoms with Crippen LogP contribution in [0.3, 0.4) is 0 Å². The summed E-state index contributed by atoms with van der Waals surface area (Å²) in [5, 5.41) is 0. The monoisotopic (exact) mass is 434 g/mol. The maximum absolute atomic E-state index is 12.5. The van der Waals surface area contributed by atoms with Gasteiger partial charge in [-0.1, -0.05) is 36.4 Å². The Bertz CT molecular complexity index is 802. The van der Waals surface area contributed by atoms with Gasteiger partial charge in [-0.05, 0) is 27.6 Å². The number of carbonyl (C=O) groups is 2. The quantitative estimate of drug-likeness (QED) is 0.531. The fourth-order valence-corrected chi connectivity index (χ4v) is 3.20. The first-order valence-electron chi connectivity index (χ1n) is 8.41. The van der Waals surface area contributed by atoms with E-state index in [0.717, 1.165) is 5.56 Å². The van der Waals surface area contributed by atoms with Gasteiger partial charge in [0.25, 0.3) is 0 Å². The van der Waals surface area contributed by atoms with Crippen LogP contribution in [0, 0.1) is 0 Å². The Morgan fingerprint density at radius 2 is 1.96 bits per heavy atom. The lowest BCUT2D eigenvalue weighted by molar-refractivity contribution is -0.145. The summed E-state index contributed by atoms with van der Waals surface area (Å²) in [7, 11) is 1.29. The maximum atomic E-state index is 12.5. The zero-order chi connectivity index (χ0) is 19.2. The van der Waals surface area contributed by atoms with Gasteiger partial charge >= 0.3 is 12.1 Å². The first kappa shape index (κ1) is 19.2. The van der Waals surface area contributed by atoms with E-state index in [1.807, 2.05) is 30.3 Å². The average molecular weight is 435 g/mol. The van der Waals surface area contributed by atoms with Crippen LogP contribution in [-0.4, -0.2) is 47.7 Å². The minimum atomic E-state index is -0.754. The second-order valence-corrected chi connectivity index (χ2v) is 6.82. The highest BCUT2D eigenvalue weighted by molar-refractivity contribution is 9.10. The van der Waals surface area contributed by atoms with E-state index in [1.165, 1.54) is 12.0 Å². The third kappa shape index (κ3) is 4.97. The van der Waals surface area contributed by atoms with Gasteiger partial charge in [0.1, 0.15) is 23.4 Å². The number of aromatic nitrogens is 1. The van der Waals surface area contributed by atoms with Crippen molar-refractivity contribution in [1.29, 1.82) is 0 Å². The summed E-state index contributed by atoms with van der Waals surface area (Å²) in [5.41, 5.74) is 0.866. The molecule has 8 heteroatoms. The van der Waals surface area contributed by atoms with Gasteiger partial charge in [-0.3, -0.25) is 4.90 Å². The number of methoxy groups -OCH3 is 1. The first-order valence-corrected chi connectivity index (χ1v) is 9.20. The van der Waals surface area contributed by atoms with Crippen molar-refractivity contribution < 1.29 is 23.8 Å². The molecule has 2 heterocycles. The molecule has 2 atom stereocenters. The van der Waals surface area contributed by atoms with E-state index < -0.39 is 18.1 Å². The molecule has 7 nitrogen and oxygen atoms in total. The molecular formula is C19H19BrN2O5. The molecule has 1 aliphatic rings. The molecular weight excluding hydrogens is 416 g/mol. The number of pyridine rings is 1. The lowest BCUT2D eigenvalue weighted by Crippen LogP contribution is -2.41. The predicted molar refractivity (Wildman–Crippen MR) is 100 cm³/mol. The summed E-state index contributed by atoms with van der Waals surface area (Å²) in [6, 6.07) is 13.9. The summed E-state index contributed by atoms with van der Waals surface area (Å²) in [6.07, 6.45) is -0.663. The van der Waals surface area contributed by atoms with Crippen molar-refractivity contribution in [3.63, 3.8) is 0 Å². The number of likely N-dealkylation sites (tertiary alicyclic amines) is 1. The number of amides is 1. The van der Waals surface area contributed by atoms with Crippen LogP contribution in [0.2, 0.25) is 0 Å². The molecule has 1 aliphatic heterocycles. The third-order valence-corrected chi connectivity index (χ3v) is 4.59. The topological polar surface area (TPSA) is 78.0 Å².